The molecule has 128 valence electrons. The fourth-order valence-corrected chi connectivity index (χ4v) is 3.11. The molecule has 6 heteroatoms. The van der Waals surface area contributed by atoms with E-state index in [1.165, 1.54) is 26.2 Å². The largest absolute Gasteiger partial charge is 0.361 e. The first-order chi connectivity index (χ1) is 12.1. The van der Waals surface area contributed by atoms with Crippen LogP contribution in [-0.2, 0) is 20.0 Å². The van der Waals surface area contributed by atoms with Crippen molar-refractivity contribution in [3.63, 3.8) is 0 Å². The van der Waals surface area contributed by atoms with Gasteiger partial charge in [-0.3, -0.25) is 13.9 Å². The van der Waals surface area contributed by atoms with Gasteiger partial charge in [-0.05, 0) is 31.2 Å². The lowest BCUT2D eigenvalue weighted by atomic mass is 10.1. The zero-order chi connectivity index (χ0) is 18.0. The molecule has 6 nitrogen and oxygen atoms in total. The lowest BCUT2D eigenvalue weighted by molar-refractivity contribution is 0.564. The van der Waals surface area contributed by atoms with Crippen molar-refractivity contribution in [2.45, 2.75) is 19.4 Å². The zero-order valence-corrected chi connectivity index (χ0v) is 14.2. The maximum atomic E-state index is 12.5. The van der Waals surface area contributed by atoms with Gasteiger partial charge in [0, 0.05) is 30.7 Å². The van der Waals surface area contributed by atoms with Crippen molar-refractivity contribution in [1.29, 1.82) is 0 Å². The van der Waals surface area contributed by atoms with E-state index in [4.69, 9.17) is 0 Å². The molecular formula is C19H20N4O2. The third-order valence-corrected chi connectivity index (χ3v) is 4.41. The van der Waals surface area contributed by atoms with Crippen LogP contribution in [0.4, 0.5) is 5.82 Å². The number of H-pyrrole nitrogens is 1. The second-order valence-corrected chi connectivity index (χ2v) is 5.86. The van der Waals surface area contributed by atoms with Gasteiger partial charge in [-0.15, -0.1) is 0 Å². The van der Waals surface area contributed by atoms with E-state index in [1.807, 2.05) is 24.4 Å². The molecule has 25 heavy (non-hydrogen) atoms. The minimum absolute atomic E-state index is 0.248. The van der Waals surface area contributed by atoms with Gasteiger partial charge < -0.3 is 4.98 Å². The van der Waals surface area contributed by atoms with Crippen LogP contribution in [0.25, 0.3) is 17.0 Å². The zero-order valence-electron chi connectivity index (χ0n) is 14.2. The van der Waals surface area contributed by atoms with Crippen LogP contribution in [0.5, 0.6) is 0 Å². The summed E-state index contributed by atoms with van der Waals surface area (Å²) in [7, 11) is 1.58. The molecule has 0 spiro atoms. The van der Waals surface area contributed by atoms with Crippen LogP contribution >= 0.6 is 0 Å². The monoisotopic (exact) mass is 336 g/mol. The quantitative estimate of drug-likeness (QED) is 0.703. The Morgan fingerprint density at radius 3 is 2.76 bits per heavy atom. The second-order valence-electron chi connectivity index (χ2n) is 5.86. The Hall–Kier alpha value is -3.15. The number of rotatable bonds is 6. The minimum Gasteiger partial charge on any atom is -0.361 e. The Kier molecular flexibility index (Phi) is 4.52. The van der Waals surface area contributed by atoms with Gasteiger partial charge in [0.15, 0.2) is 0 Å². The van der Waals surface area contributed by atoms with Gasteiger partial charge >= 0.3 is 5.69 Å². The SMILES string of the molecule is C=Cc1c(N=C)n(C)c(=O)n(CCCc2c[nH]c3ccccc23)c1=O. The predicted octanol–water partition coefficient (Wildman–Crippen LogP) is 2.64. The van der Waals surface area contributed by atoms with Gasteiger partial charge in [-0.1, -0.05) is 30.9 Å². The fourth-order valence-electron chi connectivity index (χ4n) is 3.11. The summed E-state index contributed by atoms with van der Waals surface area (Å²) >= 11 is 0. The van der Waals surface area contributed by atoms with Gasteiger partial charge in [-0.25, -0.2) is 9.79 Å². The maximum absolute atomic E-state index is 12.5. The molecule has 0 saturated heterocycles. The molecule has 0 fully saturated rings. The standard InChI is InChI=1S/C19H20N4O2/c1-4-14-17(20-2)22(3)19(25)23(18(14)24)11-7-8-13-12-21-16-10-6-5-9-15(13)16/h4-6,9-10,12,21H,1-2,7-8,11H2,3H3. The third kappa shape index (κ3) is 2.87. The van der Waals surface area contributed by atoms with Crippen molar-refractivity contribution >= 4 is 29.5 Å². The summed E-state index contributed by atoms with van der Waals surface area (Å²) in [4.78, 5) is 32.0. The van der Waals surface area contributed by atoms with Gasteiger partial charge in [0.1, 0.15) is 5.82 Å². The van der Waals surface area contributed by atoms with E-state index >= 15 is 0 Å². The van der Waals surface area contributed by atoms with Crippen molar-refractivity contribution in [3.05, 3.63) is 69.0 Å². The van der Waals surface area contributed by atoms with E-state index in [-0.39, 0.29) is 11.4 Å². The van der Waals surface area contributed by atoms with Crippen molar-refractivity contribution in [1.82, 2.24) is 14.1 Å². The summed E-state index contributed by atoms with van der Waals surface area (Å²) in [6.07, 6.45) is 4.84. The number of aliphatic imine (C=N–C) groups is 1. The smallest absolute Gasteiger partial charge is 0.332 e. The van der Waals surface area contributed by atoms with Crippen LogP contribution in [-0.4, -0.2) is 20.8 Å². The minimum atomic E-state index is -0.392. The highest BCUT2D eigenvalue weighted by atomic mass is 16.2. The number of aromatic nitrogens is 3. The number of fused-ring (bicyclic) bond motifs is 1. The number of hydrogen-bond acceptors (Lipinski definition) is 3. The number of benzene rings is 1. The van der Waals surface area contributed by atoms with E-state index in [0.717, 1.165) is 11.9 Å². The van der Waals surface area contributed by atoms with Crippen molar-refractivity contribution < 1.29 is 0 Å². The number of para-hydroxylation sites is 1. The van der Waals surface area contributed by atoms with E-state index in [0.29, 0.717) is 18.5 Å². The van der Waals surface area contributed by atoms with Crippen molar-refractivity contribution in [3.8, 4) is 0 Å². The van der Waals surface area contributed by atoms with Crippen LogP contribution in [0.2, 0.25) is 0 Å². The Balaban J connectivity index is 1.88. The lowest BCUT2D eigenvalue weighted by Crippen LogP contribution is -2.40. The average Bonchev–Trinajstić information content (AvgIpc) is 3.04. The molecule has 0 bridgehead atoms. The lowest BCUT2D eigenvalue weighted by Gasteiger charge is -2.11. The molecular weight excluding hydrogens is 316 g/mol. The summed E-state index contributed by atoms with van der Waals surface area (Å²) in [5, 5.41) is 1.17. The molecule has 3 rings (SSSR count). The van der Waals surface area contributed by atoms with Crippen molar-refractivity contribution in [2.75, 3.05) is 0 Å². The maximum Gasteiger partial charge on any atom is 0.332 e. The van der Waals surface area contributed by atoms with Gasteiger partial charge in [0.2, 0.25) is 0 Å². The molecule has 0 saturated carbocycles. The second kappa shape index (κ2) is 6.76. The van der Waals surface area contributed by atoms with Crippen molar-refractivity contribution in [2.24, 2.45) is 12.0 Å². The number of hydrogen-bond donors (Lipinski definition) is 1. The highest BCUT2D eigenvalue weighted by Crippen LogP contribution is 2.19. The predicted molar refractivity (Wildman–Crippen MR) is 102 cm³/mol. The summed E-state index contributed by atoms with van der Waals surface area (Å²) in [5.74, 6) is 0.248. The molecule has 1 N–H and O–H groups in total. The van der Waals surface area contributed by atoms with Crippen LogP contribution in [0.3, 0.4) is 0 Å². The molecule has 0 aliphatic carbocycles. The molecule has 1 aromatic carbocycles. The molecule has 0 aliphatic rings. The normalized spacial score (nSPS) is 10.9. The topological polar surface area (TPSA) is 72.2 Å². The van der Waals surface area contributed by atoms with E-state index < -0.39 is 5.69 Å². The molecule has 3 aromatic rings. The van der Waals surface area contributed by atoms with Crippen LogP contribution in [0.15, 0.2) is 51.6 Å². The highest BCUT2D eigenvalue weighted by molar-refractivity contribution is 5.83. The Morgan fingerprint density at radius 1 is 1.28 bits per heavy atom. The number of nitrogens with one attached hydrogen (secondary N) is 1. The molecule has 0 radical (unpaired) electrons. The summed E-state index contributed by atoms with van der Waals surface area (Å²) < 4.78 is 2.57. The molecule has 0 atom stereocenters. The first-order valence-electron chi connectivity index (χ1n) is 8.06. The van der Waals surface area contributed by atoms with Gasteiger partial charge in [0.05, 0.1) is 5.56 Å². The summed E-state index contributed by atoms with van der Waals surface area (Å²) in [6.45, 7) is 7.41. The molecule has 2 heterocycles. The molecule has 0 unspecified atom stereocenters. The Morgan fingerprint density at radius 2 is 2.04 bits per heavy atom. The van der Waals surface area contributed by atoms with Crippen LogP contribution in [0, 0.1) is 0 Å². The average molecular weight is 336 g/mol. The summed E-state index contributed by atoms with van der Waals surface area (Å²) in [6, 6.07) is 8.07. The first kappa shape index (κ1) is 16.7. The number of aromatic amines is 1. The molecule has 0 aliphatic heterocycles. The highest BCUT2D eigenvalue weighted by Gasteiger charge is 2.14. The number of nitrogens with zero attached hydrogens (tertiary/aromatic N) is 3. The van der Waals surface area contributed by atoms with Gasteiger partial charge in [-0.2, -0.15) is 0 Å². The summed E-state index contributed by atoms with van der Waals surface area (Å²) in [5.41, 5.74) is 1.79. The third-order valence-electron chi connectivity index (χ3n) is 4.41. The van der Waals surface area contributed by atoms with Crippen LogP contribution < -0.4 is 11.2 Å². The Labute approximate surface area is 144 Å². The number of aryl methyl sites for hydroxylation is 1. The Bertz CT molecular complexity index is 1070. The fraction of sp³-hybridized carbons (Fsp3) is 0.211. The van der Waals surface area contributed by atoms with E-state index in [2.05, 4.69) is 29.3 Å². The van der Waals surface area contributed by atoms with Gasteiger partial charge in [0.25, 0.3) is 5.56 Å². The molecule has 0 amide bonds. The first-order valence-corrected chi connectivity index (χ1v) is 8.06. The molecule has 2 aromatic heterocycles. The van der Waals surface area contributed by atoms with E-state index in [9.17, 15) is 9.59 Å². The van der Waals surface area contributed by atoms with E-state index in [1.54, 1.807) is 7.05 Å². The van der Waals surface area contributed by atoms with Crippen LogP contribution in [0.1, 0.15) is 17.5 Å².